The zero-order valence-corrected chi connectivity index (χ0v) is 15.0. The lowest BCUT2D eigenvalue weighted by molar-refractivity contribution is 0.0932. The number of carbonyl (C=O) groups excluding carboxylic acids is 1. The second-order valence-corrected chi connectivity index (χ2v) is 5.92. The van der Waals surface area contributed by atoms with E-state index in [1.54, 1.807) is 24.3 Å². The maximum absolute atomic E-state index is 12.4. The van der Waals surface area contributed by atoms with Gasteiger partial charge in [0, 0.05) is 11.1 Å². The third-order valence-corrected chi connectivity index (χ3v) is 3.97. The van der Waals surface area contributed by atoms with E-state index in [0.717, 1.165) is 16.9 Å². The number of aromatic nitrogens is 2. The first-order valence-electron chi connectivity index (χ1n) is 8.51. The molecule has 2 aromatic carbocycles. The van der Waals surface area contributed by atoms with E-state index in [1.807, 2.05) is 45.0 Å². The summed E-state index contributed by atoms with van der Waals surface area (Å²) in [6, 6.07) is 14.4. The van der Waals surface area contributed by atoms with E-state index in [0.29, 0.717) is 23.9 Å². The molecule has 1 N–H and O–H groups in total. The van der Waals surface area contributed by atoms with Crippen LogP contribution in [-0.4, -0.2) is 22.7 Å². The van der Waals surface area contributed by atoms with Crippen molar-refractivity contribution in [2.75, 3.05) is 6.61 Å². The number of hydrogen-bond donors (Lipinski definition) is 1. The molecule has 0 saturated carbocycles. The Hall–Kier alpha value is -3.15. The van der Waals surface area contributed by atoms with Crippen LogP contribution in [0.4, 0.5) is 0 Å². The largest absolute Gasteiger partial charge is 0.494 e. The second-order valence-electron chi connectivity index (χ2n) is 5.92. The maximum atomic E-state index is 12.4. The Kier molecular flexibility index (Phi) is 5.31. The molecule has 0 saturated heterocycles. The quantitative estimate of drug-likeness (QED) is 0.728. The van der Waals surface area contributed by atoms with Gasteiger partial charge in [-0.05, 0) is 50.6 Å². The molecule has 1 atom stereocenters. The van der Waals surface area contributed by atoms with Gasteiger partial charge in [-0.3, -0.25) is 4.79 Å². The minimum atomic E-state index is -0.403. The zero-order valence-electron chi connectivity index (χ0n) is 15.0. The van der Waals surface area contributed by atoms with Crippen LogP contribution in [0, 0.1) is 6.92 Å². The Morgan fingerprint density at radius 2 is 1.92 bits per heavy atom. The third-order valence-electron chi connectivity index (χ3n) is 3.97. The van der Waals surface area contributed by atoms with Gasteiger partial charge in [0.25, 0.3) is 5.91 Å². The molecule has 3 rings (SSSR count). The van der Waals surface area contributed by atoms with Crippen LogP contribution in [0.1, 0.15) is 41.7 Å². The van der Waals surface area contributed by atoms with Crippen LogP contribution in [0.3, 0.4) is 0 Å². The molecular weight excluding hydrogens is 330 g/mol. The Labute approximate surface area is 152 Å². The predicted molar refractivity (Wildman–Crippen MR) is 98.0 cm³/mol. The predicted octanol–water partition coefficient (Wildman–Crippen LogP) is 3.93. The smallest absolute Gasteiger partial charge is 0.251 e. The molecule has 1 unspecified atom stereocenters. The van der Waals surface area contributed by atoms with Crippen LogP contribution >= 0.6 is 0 Å². The first-order valence-corrected chi connectivity index (χ1v) is 8.51. The Morgan fingerprint density at radius 1 is 1.19 bits per heavy atom. The van der Waals surface area contributed by atoms with Gasteiger partial charge in [-0.2, -0.15) is 4.98 Å². The molecular formula is C20H21N3O3. The number of amides is 1. The summed E-state index contributed by atoms with van der Waals surface area (Å²) in [5.74, 6) is 1.40. The minimum absolute atomic E-state index is 0.212. The summed E-state index contributed by atoms with van der Waals surface area (Å²) in [6.07, 6.45) is 0. The minimum Gasteiger partial charge on any atom is -0.494 e. The molecule has 6 heteroatoms. The molecule has 134 valence electrons. The number of carbonyl (C=O) groups is 1. The molecule has 6 nitrogen and oxygen atoms in total. The SMILES string of the molecule is CCOc1ccc(C(=O)NC(C)c2nc(-c3ccccc3C)no2)cc1. The van der Waals surface area contributed by atoms with Gasteiger partial charge in [0.1, 0.15) is 11.8 Å². The highest BCUT2D eigenvalue weighted by atomic mass is 16.5. The molecule has 0 aliphatic heterocycles. The monoisotopic (exact) mass is 351 g/mol. The van der Waals surface area contributed by atoms with Gasteiger partial charge in [-0.15, -0.1) is 0 Å². The Morgan fingerprint density at radius 3 is 2.62 bits per heavy atom. The van der Waals surface area contributed by atoms with Crippen LogP contribution in [0.5, 0.6) is 5.75 Å². The van der Waals surface area contributed by atoms with Crippen molar-refractivity contribution in [2.45, 2.75) is 26.8 Å². The lowest BCUT2D eigenvalue weighted by Gasteiger charge is -2.10. The summed E-state index contributed by atoms with van der Waals surface area (Å²) < 4.78 is 10.7. The van der Waals surface area contributed by atoms with Gasteiger partial charge in [0.05, 0.1) is 6.61 Å². The van der Waals surface area contributed by atoms with E-state index >= 15 is 0 Å². The number of rotatable bonds is 6. The van der Waals surface area contributed by atoms with Gasteiger partial charge in [0.15, 0.2) is 0 Å². The van der Waals surface area contributed by atoms with E-state index in [1.165, 1.54) is 0 Å². The fourth-order valence-electron chi connectivity index (χ4n) is 2.56. The van der Waals surface area contributed by atoms with Gasteiger partial charge in [-0.25, -0.2) is 0 Å². The van der Waals surface area contributed by atoms with Gasteiger partial charge in [-0.1, -0.05) is 29.4 Å². The van der Waals surface area contributed by atoms with Crippen molar-refractivity contribution < 1.29 is 14.1 Å². The normalized spacial score (nSPS) is 11.8. The summed E-state index contributed by atoms with van der Waals surface area (Å²) >= 11 is 0. The number of aryl methyl sites for hydroxylation is 1. The standard InChI is InChI=1S/C20H21N3O3/c1-4-25-16-11-9-15(10-12-16)19(24)21-14(3)20-22-18(23-26-20)17-8-6-5-7-13(17)2/h5-12,14H,4H2,1-3H3,(H,21,24). The summed E-state index contributed by atoms with van der Waals surface area (Å²) in [5, 5.41) is 6.89. The highest BCUT2D eigenvalue weighted by molar-refractivity contribution is 5.94. The fourth-order valence-corrected chi connectivity index (χ4v) is 2.56. The van der Waals surface area contributed by atoms with Crippen LogP contribution < -0.4 is 10.1 Å². The van der Waals surface area contributed by atoms with Crippen molar-refractivity contribution in [1.29, 1.82) is 0 Å². The Bertz CT molecular complexity index is 887. The van der Waals surface area contributed by atoms with Crippen molar-refractivity contribution in [3.05, 3.63) is 65.5 Å². The molecule has 0 aliphatic carbocycles. The van der Waals surface area contributed by atoms with Crippen molar-refractivity contribution in [1.82, 2.24) is 15.5 Å². The highest BCUT2D eigenvalue weighted by Gasteiger charge is 2.18. The van der Waals surface area contributed by atoms with Crippen molar-refractivity contribution in [2.24, 2.45) is 0 Å². The topological polar surface area (TPSA) is 77.2 Å². The number of ether oxygens (including phenoxy) is 1. The molecule has 0 fully saturated rings. The summed E-state index contributed by atoms with van der Waals surface area (Å²) in [6.45, 7) is 6.30. The van der Waals surface area contributed by atoms with Crippen LogP contribution in [0.2, 0.25) is 0 Å². The van der Waals surface area contributed by atoms with E-state index in [9.17, 15) is 4.79 Å². The van der Waals surface area contributed by atoms with E-state index < -0.39 is 6.04 Å². The Balaban J connectivity index is 1.69. The number of nitrogens with zero attached hydrogens (tertiary/aromatic N) is 2. The lowest BCUT2D eigenvalue weighted by Crippen LogP contribution is -2.26. The lowest BCUT2D eigenvalue weighted by atomic mass is 10.1. The number of hydrogen-bond acceptors (Lipinski definition) is 5. The van der Waals surface area contributed by atoms with Gasteiger partial charge in [0.2, 0.25) is 11.7 Å². The first kappa shape index (κ1) is 17.7. The molecule has 0 bridgehead atoms. The van der Waals surface area contributed by atoms with E-state index in [-0.39, 0.29) is 5.91 Å². The van der Waals surface area contributed by atoms with Crippen molar-refractivity contribution in [3.63, 3.8) is 0 Å². The zero-order chi connectivity index (χ0) is 18.5. The van der Waals surface area contributed by atoms with Crippen molar-refractivity contribution in [3.8, 4) is 17.1 Å². The summed E-state index contributed by atoms with van der Waals surface area (Å²) in [7, 11) is 0. The van der Waals surface area contributed by atoms with Gasteiger partial charge < -0.3 is 14.6 Å². The molecule has 0 aliphatic rings. The second kappa shape index (κ2) is 7.82. The third kappa shape index (κ3) is 3.91. The summed E-state index contributed by atoms with van der Waals surface area (Å²) in [5.41, 5.74) is 2.51. The van der Waals surface area contributed by atoms with Crippen LogP contribution in [-0.2, 0) is 0 Å². The molecule has 1 amide bonds. The maximum Gasteiger partial charge on any atom is 0.251 e. The number of nitrogens with one attached hydrogen (secondary N) is 1. The fraction of sp³-hybridized carbons (Fsp3) is 0.250. The van der Waals surface area contributed by atoms with E-state index in [2.05, 4.69) is 15.5 Å². The molecule has 0 spiro atoms. The summed E-state index contributed by atoms with van der Waals surface area (Å²) in [4.78, 5) is 16.8. The van der Waals surface area contributed by atoms with Crippen LogP contribution in [0.25, 0.3) is 11.4 Å². The average Bonchev–Trinajstić information content (AvgIpc) is 3.13. The molecule has 3 aromatic rings. The van der Waals surface area contributed by atoms with Crippen LogP contribution in [0.15, 0.2) is 53.1 Å². The molecule has 0 radical (unpaired) electrons. The molecule has 1 aromatic heterocycles. The van der Waals surface area contributed by atoms with Crippen molar-refractivity contribution >= 4 is 5.91 Å². The van der Waals surface area contributed by atoms with E-state index in [4.69, 9.17) is 9.26 Å². The van der Waals surface area contributed by atoms with Gasteiger partial charge >= 0.3 is 0 Å². The highest BCUT2D eigenvalue weighted by Crippen LogP contribution is 2.22. The average molecular weight is 351 g/mol. The first-order chi connectivity index (χ1) is 12.6. The molecule has 26 heavy (non-hydrogen) atoms. The molecule has 1 heterocycles. The number of benzene rings is 2.